The fourth-order valence-corrected chi connectivity index (χ4v) is 8.90. The van der Waals surface area contributed by atoms with E-state index < -0.39 is 55.6 Å². The Morgan fingerprint density at radius 1 is 0.581 bits per heavy atom. The van der Waals surface area contributed by atoms with E-state index >= 15 is 0 Å². The first-order valence-electron chi connectivity index (χ1n) is 26.4. The van der Waals surface area contributed by atoms with Gasteiger partial charge in [0.25, 0.3) is 0 Å². The first-order valence-corrected chi connectivity index (χ1v) is 26.4. The maximum absolute atomic E-state index is 13.2. The van der Waals surface area contributed by atoms with Gasteiger partial charge in [0.05, 0.1) is 25.4 Å². The molecule has 0 radical (unpaired) electrons. The summed E-state index contributed by atoms with van der Waals surface area (Å²) in [5.41, 5.74) is 0. The van der Waals surface area contributed by atoms with E-state index in [1.807, 2.05) is 0 Å². The smallest absolute Gasteiger partial charge is 0.220 e. The standard InChI is InChI=1S/C51H102N2O9/c1-5-8-11-14-17-18-19-20-21-22-25-31-36-44(55)47(57)43(41-61-51-50(60)49(59)48(58)45(40-54)62-51)52-46(56)37-32-27-26-30-35-42(4)53(38-33-28-23-15-12-9-6-2)39-34-29-24-16-13-10-7-3/h42-45,47-51,54-55,57-60H,5-41H2,1-4H3,(H,52,56)/t42?,43-,44+,45+,47-,48-,49-,50+,51-/m0/s1. The number of rotatable bonds is 44. The number of ether oxygens (including phenoxy) is 2. The molecule has 62 heavy (non-hydrogen) atoms. The van der Waals surface area contributed by atoms with Gasteiger partial charge in [0.2, 0.25) is 5.91 Å². The minimum Gasteiger partial charge on any atom is -0.394 e. The zero-order valence-electron chi connectivity index (χ0n) is 40.7. The second-order valence-corrected chi connectivity index (χ2v) is 19.0. The first-order chi connectivity index (χ1) is 30.1. The van der Waals surface area contributed by atoms with Crippen LogP contribution in [0, 0.1) is 0 Å². The quantitative estimate of drug-likeness (QED) is 0.0292. The molecule has 11 heteroatoms. The van der Waals surface area contributed by atoms with Crippen molar-refractivity contribution >= 4 is 5.91 Å². The number of hydrogen-bond acceptors (Lipinski definition) is 10. The van der Waals surface area contributed by atoms with Crippen molar-refractivity contribution in [2.75, 3.05) is 26.3 Å². The number of unbranched alkanes of at least 4 members (excludes halogenated alkanes) is 26. The molecule has 1 heterocycles. The Bertz CT molecular complexity index is 975. The molecule has 0 aromatic carbocycles. The van der Waals surface area contributed by atoms with Gasteiger partial charge < -0.3 is 50.3 Å². The summed E-state index contributed by atoms with van der Waals surface area (Å²) in [6, 6.07) is -0.451. The monoisotopic (exact) mass is 887 g/mol. The van der Waals surface area contributed by atoms with Crippen molar-refractivity contribution in [3.8, 4) is 0 Å². The molecule has 1 saturated heterocycles. The van der Waals surface area contributed by atoms with Gasteiger partial charge in [-0.3, -0.25) is 4.79 Å². The highest BCUT2D eigenvalue weighted by Crippen LogP contribution is 2.23. The van der Waals surface area contributed by atoms with Crippen molar-refractivity contribution < 1.29 is 44.9 Å². The van der Waals surface area contributed by atoms with Gasteiger partial charge in [0.1, 0.15) is 30.5 Å². The van der Waals surface area contributed by atoms with Crippen molar-refractivity contribution in [3.05, 3.63) is 0 Å². The van der Waals surface area contributed by atoms with Crippen LogP contribution in [0.2, 0.25) is 0 Å². The van der Waals surface area contributed by atoms with Crippen molar-refractivity contribution in [1.82, 2.24) is 10.2 Å². The highest BCUT2D eigenvalue weighted by molar-refractivity contribution is 5.76. The Morgan fingerprint density at radius 3 is 1.47 bits per heavy atom. The number of carbonyl (C=O) groups excluding carboxylic acids is 1. The molecule has 0 bridgehead atoms. The second-order valence-electron chi connectivity index (χ2n) is 19.0. The SMILES string of the molecule is CCCCCCCCCCCCCC[C@@H](O)[C@@H](O)[C@H](CO[C@H]1O[C@H](CO)[C@H](O)[C@H](O)[C@H]1O)NC(=O)CCCCCCC(C)N(CCCCCCCCC)CCCCCCCCC. The van der Waals surface area contributed by atoms with Gasteiger partial charge in [-0.05, 0) is 52.1 Å². The fraction of sp³-hybridized carbons (Fsp3) is 0.980. The molecule has 1 aliphatic heterocycles. The Kier molecular flexibility index (Phi) is 38.5. The Hall–Kier alpha value is -0.890. The van der Waals surface area contributed by atoms with Crippen LogP contribution in [0.4, 0.5) is 0 Å². The van der Waals surface area contributed by atoms with Crippen LogP contribution in [0.25, 0.3) is 0 Å². The summed E-state index contributed by atoms with van der Waals surface area (Å²) < 4.78 is 11.3. The van der Waals surface area contributed by atoms with E-state index in [-0.39, 0.29) is 18.9 Å². The lowest BCUT2D eigenvalue weighted by Gasteiger charge is -2.40. The van der Waals surface area contributed by atoms with Crippen molar-refractivity contribution in [1.29, 1.82) is 0 Å². The third-order valence-corrected chi connectivity index (χ3v) is 13.3. The van der Waals surface area contributed by atoms with E-state index in [2.05, 4.69) is 37.9 Å². The molecular formula is C51H102N2O9. The lowest BCUT2D eigenvalue weighted by atomic mass is 9.98. The number of amides is 1. The average molecular weight is 887 g/mol. The van der Waals surface area contributed by atoms with Gasteiger partial charge in [-0.15, -0.1) is 0 Å². The maximum atomic E-state index is 13.2. The van der Waals surface area contributed by atoms with E-state index in [1.165, 1.54) is 154 Å². The first kappa shape index (κ1) is 59.1. The van der Waals surface area contributed by atoms with Crippen LogP contribution in [-0.4, -0.2) is 123 Å². The van der Waals surface area contributed by atoms with Crippen LogP contribution in [0.3, 0.4) is 0 Å². The normalized spacial score (nSPS) is 21.3. The minimum atomic E-state index is -1.61. The third-order valence-electron chi connectivity index (χ3n) is 13.3. The van der Waals surface area contributed by atoms with Crippen LogP contribution < -0.4 is 5.32 Å². The summed E-state index contributed by atoms with van der Waals surface area (Å²) in [5.74, 6) is -0.257. The van der Waals surface area contributed by atoms with Crippen LogP contribution >= 0.6 is 0 Å². The lowest BCUT2D eigenvalue weighted by molar-refractivity contribution is -0.303. The van der Waals surface area contributed by atoms with E-state index in [1.54, 1.807) is 0 Å². The predicted molar refractivity (Wildman–Crippen MR) is 254 cm³/mol. The molecule has 0 aromatic heterocycles. The van der Waals surface area contributed by atoms with Crippen LogP contribution in [-0.2, 0) is 14.3 Å². The zero-order valence-corrected chi connectivity index (χ0v) is 40.7. The molecule has 1 aliphatic rings. The Balaban J connectivity index is 2.61. The number of aliphatic hydroxyl groups is 6. The van der Waals surface area contributed by atoms with Crippen LogP contribution in [0.15, 0.2) is 0 Å². The molecule has 0 aliphatic carbocycles. The molecule has 1 rings (SSSR count). The van der Waals surface area contributed by atoms with Gasteiger partial charge in [-0.2, -0.15) is 0 Å². The number of carbonyl (C=O) groups is 1. The largest absolute Gasteiger partial charge is 0.394 e. The molecule has 0 saturated carbocycles. The molecule has 1 fully saturated rings. The van der Waals surface area contributed by atoms with Crippen molar-refractivity contribution in [2.24, 2.45) is 0 Å². The molecule has 7 N–H and O–H groups in total. The van der Waals surface area contributed by atoms with Gasteiger partial charge >= 0.3 is 0 Å². The fourth-order valence-electron chi connectivity index (χ4n) is 8.90. The second kappa shape index (κ2) is 40.4. The molecule has 0 spiro atoms. The summed E-state index contributed by atoms with van der Waals surface area (Å²) in [6.07, 6.45) is 28.8. The highest BCUT2D eigenvalue weighted by Gasteiger charge is 2.44. The number of nitrogens with zero attached hydrogens (tertiary/aromatic N) is 1. The lowest BCUT2D eigenvalue weighted by Crippen LogP contribution is -2.60. The zero-order chi connectivity index (χ0) is 45.6. The van der Waals surface area contributed by atoms with E-state index in [0.29, 0.717) is 18.9 Å². The molecule has 11 nitrogen and oxygen atoms in total. The van der Waals surface area contributed by atoms with Gasteiger partial charge in [0, 0.05) is 12.5 Å². The molecule has 9 atom stereocenters. The number of hydrogen-bond donors (Lipinski definition) is 7. The van der Waals surface area contributed by atoms with Gasteiger partial charge in [-0.1, -0.05) is 194 Å². The highest BCUT2D eigenvalue weighted by atomic mass is 16.7. The summed E-state index contributed by atoms with van der Waals surface area (Å²) in [5, 5.41) is 65.7. The van der Waals surface area contributed by atoms with Crippen molar-refractivity contribution in [3.63, 3.8) is 0 Å². The van der Waals surface area contributed by atoms with Gasteiger partial charge in [0.15, 0.2) is 6.29 Å². The minimum absolute atomic E-state index is 0.257. The summed E-state index contributed by atoms with van der Waals surface area (Å²) >= 11 is 0. The molecule has 370 valence electrons. The van der Waals surface area contributed by atoms with E-state index in [9.17, 15) is 35.4 Å². The molecule has 1 amide bonds. The molecular weight excluding hydrogens is 785 g/mol. The maximum Gasteiger partial charge on any atom is 0.220 e. The third kappa shape index (κ3) is 28.9. The number of nitrogens with one attached hydrogen (secondary N) is 1. The van der Waals surface area contributed by atoms with E-state index in [0.717, 1.165) is 51.4 Å². The Morgan fingerprint density at radius 2 is 1.00 bits per heavy atom. The number of aliphatic hydroxyl groups excluding tert-OH is 6. The van der Waals surface area contributed by atoms with Gasteiger partial charge in [-0.25, -0.2) is 0 Å². The molecule has 1 unspecified atom stereocenters. The van der Waals surface area contributed by atoms with Crippen molar-refractivity contribution in [2.45, 2.75) is 295 Å². The topological polar surface area (TPSA) is 172 Å². The average Bonchev–Trinajstić information content (AvgIpc) is 3.27. The van der Waals surface area contributed by atoms with E-state index in [4.69, 9.17) is 9.47 Å². The summed E-state index contributed by atoms with van der Waals surface area (Å²) in [4.78, 5) is 16.0. The molecule has 0 aromatic rings. The van der Waals surface area contributed by atoms with Crippen LogP contribution in [0.5, 0.6) is 0 Å². The van der Waals surface area contributed by atoms with Crippen LogP contribution in [0.1, 0.15) is 240 Å². The predicted octanol–water partition coefficient (Wildman–Crippen LogP) is 9.63. The summed E-state index contributed by atoms with van der Waals surface area (Å²) in [6.45, 7) is 10.6. The summed E-state index contributed by atoms with van der Waals surface area (Å²) in [7, 11) is 0. The Labute approximate surface area is 380 Å².